The minimum absolute atomic E-state index is 0.0140. The lowest BCUT2D eigenvalue weighted by molar-refractivity contribution is -0.121. The van der Waals surface area contributed by atoms with Crippen molar-refractivity contribution in [1.82, 2.24) is 30.6 Å². The van der Waals surface area contributed by atoms with Gasteiger partial charge in [0, 0.05) is 19.5 Å². The fourth-order valence-corrected chi connectivity index (χ4v) is 1.93. The first-order chi connectivity index (χ1) is 10.8. The molecule has 0 aliphatic rings. The molecule has 0 saturated carbocycles. The van der Waals surface area contributed by atoms with Crippen LogP contribution in [0, 0.1) is 0 Å². The van der Waals surface area contributed by atoms with Crippen molar-refractivity contribution in [2.45, 2.75) is 13.0 Å². The Morgan fingerprint density at radius 2 is 2.00 bits per heavy atom. The zero-order valence-electron chi connectivity index (χ0n) is 11.8. The quantitative estimate of drug-likeness (QED) is 0.693. The highest BCUT2D eigenvalue weighted by Gasteiger charge is 2.03. The lowest BCUT2D eigenvalue weighted by Crippen LogP contribution is -2.25. The largest absolute Gasteiger partial charge is 0.368 e. The van der Waals surface area contributed by atoms with E-state index in [1.807, 2.05) is 30.3 Å². The Hall–Kier alpha value is -3.03. The molecule has 0 atom stereocenters. The summed E-state index contributed by atoms with van der Waals surface area (Å²) in [4.78, 5) is 11.8. The van der Waals surface area contributed by atoms with Gasteiger partial charge in [0.2, 0.25) is 5.91 Å². The summed E-state index contributed by atoms with van der Waals surface area (Å²) in [6.07, 6.45) is 0.363. The van der Waals surface area contributed by atoms with E-state index in [1.165, 1.54) is 4.63 Å². The van der Waals surface area contributed by atoms with Gasteiger partial charge in [-0.05, 0) is 28.1 Å². The average Bonchev–Trinajstić information content (AvgIpc) is 3.02. The molecule has 0 unspecified atom stereocenters. The van der Waals surface area contributed by atoms with Gasteiger partial charge in [-0.25, -0.2) is 0 Å². The van der Waals surface area contributed by atoms with Gasteiger partial charge in [-0.1, -0.05) is 30.3 Å². The van der Waals surface area contributed by atoms with E-state index in [4.69, 9.17) is 0 Å². The molecule has 8 heteroatoms. The summed E-state index contributed by atoms with van der Waals surface area (Å²) >= 11 is 0. The summed E-state index contributed by atoms with van der Waals surface area (Å²) in [5, 5.41) is 21.1. The summed E-state index contributed by atoms with van der Waals surface area (Å²) in [5.41, 5.74) is 1.65. The van der Waals surface area contributed by atoms with Gasteiger partial charge in [-0.15, -0.1) is 14.8 Å². The van der Waals surface area contributed by atoms with E-state index in [9.17, 15) is 4.79 Å². The molecule has 0 saturated heterocycles. The average molecular weight is 297 g/mol. The Kier molecular flexibility index (Phi) is 4.19. The Morgan fingerprint density at radius 1 is 1.14 bits per heavy atom. The molecular weight excluding hydrogens is 282 g/mol. The van der Waals surface area contributed by atoms with Gasteiger partial charge >= 0.3 is 0 Å². The zero-order chi connectivity index (χ0) is 15.2. The second-order valence-corrected chi connectivity index (χ2v) is 4.68. The van der Waals surface area contributed by atoms with Gasteiger partial charge in [-0.2, -0.15) is 0 Å². The number of anilines is 1. The van der Waals surface area contributed by atoms with Gasteiger partial charge in [0.1, 0.15) is 5.82 Å². The number of aromatic nitrogens is 5. The van der Waals surface area contributed by atoms with Crippen molar-refractivity contribution >= 4 is 17.4 Å². The van der Waals surface area contributed by atoms with E-state index in [2.05, 4.69) is 31.3 Å². The first-order valence-corrected chi connectivity index (χ1v) is 6.91. The van der Waals surface area contributed by atoms with Gasteiger partial charge in [0.15, 0.2) is 5.65 Å². The molecule has 2 N–H and O–H groups in total. The highest BCUT2D eigenvalue weighted by molar-refractivity contribution is 5.76. The van der Waals surface area contributed by atoms with Crippen molar-refractivity contribution in [3.05, 3.63) is 48.0 Å². The second kappa shape index (κ2) is 6.61. The summed E-state index contributed by atoms with van der Waals surface area (Å²) in [7, 11) is 0. The maximum Gasteiger partial charge on any atom is 0.222 e. The van der Waals surface area contributed by atoms with Gasteiger partial charge in [0.05, 0.1) is 0 Å². The van der Waals surface area contributed by atoms with E-state index < -0.39 is 0 Å². The lowest BCUT2D eigenvalue weighted by Gasteiger charge is -2.07. The first-order valence-electron chi connectivity index (χ1n) is 6.91. The van der Waals surface area contributed by atoms with Crippen molar-refractivity contribution in [2.24, 2.45) is 0 Å². The molecule has 8 nitrogen and oxygen atoms in total. The van der Waals surface area contributed by atoms with Crippen LogP contribution in [-0.4, -0.2) is 37.7 Å². The predicted octanol–water partition coefficient (Wildman–Crippen LogP) is 0.638. The van der Waals surface area contributed by atoms with Crippen LogP contribution in [0.25, 0.3) is 5.65 Å². The van der Waals surface area contributed by atoms with Gasteiger partial charge < -0.3 is 10.6 Å². The third-order valence-electron chi connectivity index (χ3n) is 3.06. The van der Waals surface area contributed by atoms with Crippen LogP contribution in [-0.2, 0) is 11.3 Å². The van der Waals surface area contributed by atoms with Crippen molar-refractivity contribution in [3.8, 4) is 0 Å². The number of carbonyl (C=O) groups is 1. The van der Waals surface area contributed by atoms with Crippen LogP contribution < -0.4 is 10.6 Å². The van der Waals surface area contributed by atoms with Crippen LogP contribution in [0.5, 0.6) is 0 Å². The van der Waals surface area contributed by atoms with Crippen LogP contribution in [0.3, 0.4) is 0 Å². The number of amides is 1. The summed E-state index contributed by atoms with van der Waals surface area (Å²) in [6, 6.07) is 13.3. The SMILES string of the molecule is O=C(CCNc1ccc2nnnn2n1)NCc1ccccc1. The van der Waals surface area contributed by atoms with E-state index in [0.717, 1.165) is 5.56 Å². The Morgan fingerprint density at radius 3 is 2.86 bits per heavy atom. The van der Waals surface area contributed by atoms with Crippen molar-refractivity contribution < 1.29 is 4.79 Å². The van der Waals surface area contributed by atoms with Crippen LogP contribution >= 0.6 is 0 Å². The normalized spacial score (nSPS) is 10.5. The van der Waals surface area contributed by atoms with Crippen LogP contribution in [0.2, 0.25) is 0 Å². The number of rotatable bonds is 6. The third kappa shape index (κ3) is 3.54. The summed E-state index contributed by atoms with van der Waals surface area (Å²) < 4.78 is 1.33. The molecule has 0 aliphatic carbocycles. The second-order valence-electron chi connectivity index (χ2n) is 4.68. The van der Waals surface area contributed by atoms with Gasteiger partial charge in [0.25, 0.3) is 0 Å². The molecule has 0 aliphatic heterocycles. The molecule has 0 radical (unpaired) electrons. The number of carbonyl (C=O) groups excluding carboxylic acids is 1. The molecule has 22 heavy (non-hydrogen) atoms. The van der Waals surface area contributed by atoms with Crippen LogP contribution in [0.15, 0.2) is 42.5 Å². The molecule has 2 aromatic heterocycles. The Balaban J connectivity index is 1.43. The highest BCUT2D eigenvalue weighted by atomic mass is 16.1. The third-order valence-corrected chi connectivity index (χ3v) is 3.06. The van der Waals surface area contributed by atoms with Crippen molar-refractivity contribution in [1.29, 1.82) is 0 Å². The van der Waals surface area contributed by atoms with Crippen molar-refractivity contribution in [3.63, 3.8) is 0 Å². The molecule has 1 aromatic carbocycles. The molecule has 0 bridgehead atoms. The minimum Gasteiger partial charge on any atom is -0.368 e. The molecule has 3 rings (SSSR count). The number of nitrogens with zero attached hydrogens (tertiary/aromatic N) is 5. The van der Waals surface area contributed by atoms with Gasteiger partial charge in [-0.3, -0.25) is 4.79 Å². The van der Waals surface area contributed by atoms with Crippen LogP contribution in [0.4, 0.5) is 5.82 Å². The highest BCUT2D eigenvalue weighted by Crippen LogP contribution is 2.03. The fraction of sp³-hybridized carbons (Fsp3) is 0.214. The Bertz CT molecular complexity index is 756. The first kappa shape index (κ1) is 13.9. The van der Waals surface area contributed by atoms with E-state index in [-0.39, 0.29) is 5.91 Å². The van der Waals surface area contributed by atoms with E-state index >= 15 is 0 Å². The lowest BCUT2D eigenvalue weighted by atomic mass is 10.2. The molecule has 112 valence electrons. The fourth-order valence-electron chi connectivity index (χ4n) is 1.93. The molecule has 0 fully saturated rings. The maximum atomic E-state index is 11.8. The van der Waals surface area contributed by atoms with Crippen LogP contribution in [0.1, 0.15) is 12.0 Å². The number of benzene rings is 1. The number of hydrogen-bond donors (Lipinski definition) is 2. The maximum absolute atomic E-state index is 11.8. The smallest absolute Gasteiger partial charge is 0.222 e. The molecule has 3 aromatic rings. The van der Waals surface area contributed by atoms with E-state index in [1.54, 1.807) is 12.1 Å². The molecule has 2 heterocycles. The number of hydrogen-bond acceptors (Lipinski definition) is 6. The zero-order valence-corrected chi connectivity index (χ0v) is 11.8. The van der Waals surface area contributed by atoms with E-state index in [0.29, 0.717) is 31.0 Å². The summed E-state index contributed by atoms with van der Waals surface area (Å²) in [6.45, 7) is 1.02. The predicted molar refractivity (Wildman–Crippen MR) is 80.0 cm³/mol. The number of nitrogens with one attached hydrogen (secondary N) is 2. The molecule has 0 spiro atoms. The number of fused-ring (bicyclic) bond motifs is 1. The minimum atomic E-state index is -0.0140. The molecular formula is C14H15N7O. The standard InChI is InChI=1S/C14H15N7O/c22-14(16-10-11-4-2-1-3-5-11)8-9-15-12-6-7-13-17-19-20-21(13)18-12/h1-7H,8-10H2,(H,15,18)(H,16,22). The monoisotopic (exact) mass is 297 g/mol. The molecule has 1 amide bonds. The topological polar surface area (TPSA) is 97.1 Å². The number of tetrazole rings is 1. The Labute approximate surface area is 126 Å². The summed E-state index contributed by atoms with van der Waals surface area (Å²) in [5.74, 6) is 0.607. The van der Waals surface area contributed by atoms with Crippen molar-refractivity contribution in [2.75, 3.05) is 11.9 Å².